The molecule has 0 amide bonds. The molecule has 0 aliphatic heterocycles. The maximum Gasteiger partial charge on any atom is 0.480 e. The number of hydrogen-bond donors (Lipinski definition) is 1. The maximum atomic E-state index is 11.4. The summed E-state index contributed by atoms with van der Waals surface area (Å²) in [6.45, 7) is 9.26. The van der Waals surface area contributed by atoms with E-state index in [1.165, 1.54) is 18.7 Å². The molecule has 0 spiro atoms. The summed E-state index contributed by atoms with van der Waals surface area (Å²) in [5, 5.41) is 0. The van der Waals surface area contributed by atoms with E-state index >= 15 is 0 Å². The topological polar surface area (TPSA) is 202 Å². The highest BCUT2D eigenvalue weighted by Gasteiger charge is 2.48. The summed E-state index contributed by atoms with van der Waals surface area (Å²) < 4.78 is 231. The Morgan fingerprint density at radius 1 is 0.660 bits per heavy atom. The quantitative estimate of drug-likeness (QED) is 0.144. The molecule has 0 bridgehead atoms. The average Bonchev–Trinajstić information content (AvgIpc) is 3.62. The monoisotopic (exact) mass is 880 g/mol. The van der Waals surface area contributed by atoms with Crippen molar-refractivity contribution in [2.45, 2.75) is 87.6 Å². The minimum absolute atomic E-state index is 0.778. The first-order valence-electron chi connectivity index (χ1n) is 14.2. The second-order valence-electron chi connectivity index (χ2n) is 9.78. The van der Waals surface area contributed by atoms with E-state index in [0.29, 0.717) is 0 Å². The predicted molar refractivity (Wildman–Crippen MR) is 157 cm³/mol. The number of halogens is 12. The minimum Gasteiger partial charge on any atom is -0.421 e. The number of ether oxygens (including phenoxy) is 1. The Morgan fingerprint density at radius 2 is 1.08 bits per heavy atom. The number of hydrogen-bond acceptors (Lipinski definition) is 9. The van der Waals surface area contributed by atoms with Gasteiger partial charge in [0, 0.05) is 19.6 Å². The Balaban J connectivity index is 0.000000799. The molecule has 0 unspecified atom stereocenters. The van der Waals surface area contributed by atoms with Crippen LogP contribution in [0.25, 0.3) is 8.25 Å². The molecule has 0 saturated carbocycles. The molecule has 0 aliphatic carbocycles. The lowest BCUT2D eigenvalue weighted by Crippen LogP contribution is -2.34. The number of sulfonamides is 4. The highest BCUT2D eigenvalue weighted by Crippen LogP contribution is 2.37. The smallest absolute Gasteiger partial charge is 0.421 e. The van der Waals surface area contributed by atoms with E-state index in [4.69, 9.17) is 4.74 Å². The summed E-state index contributed by atoms with van der Waals surface area (Å²) in [5.41, 5.74) is -24.8. The fourth-order valence-electron chi connectivity index (χ4n) is 3.19. The maximum absolute atomic E-state index is 11.4. The van der Waals surface area contributed by atoms with Crippen molar-refractivity contribution in [2.24, 2.45) is 0 Å². The molecule has 2 rings (SSSR count). The van der Waals surface area contributed by atoms with Crippen LogP contribution in [0.3, 0.4) is 0 Å². The molecule has 0 aromatic carbocycles. The molecule has 0 fully saturated rings. The van der Waals surface area contributed by atoms with E-state index in [0.717, 1.165) is 60.4 Å². The van der Waals surface area contributed by atoms with Gasteiger partial charge in [0.25, 0.3) is 5.82 Å². The van der Waals surface area contributed by atoms with Crippen LogP contribution < -0.4 is 9.13 Å². The molecule has 312 valence electrons. The third-order valence-electron chi connectivity index (χ3n) is 5.77. The largest absolute Gasteiger partial charge is 0.480 e. The Labute approximate surface area is 295 Å². The Kier molecular flexibility index (Phi) is 18.7. The van der Waals surface area contributed by atoms with E-state index in [2.05, 4.69) is 57.5 Å². The van der Waals surface area contributed by atoms with Crippen LogP contribution >= 0.6 is 0 Å². The molecule has 15 nitrogen and oxygen atoms in total. The number of nitrogens with zero attached hydrogens (tertiary/aromatic N) is 5. The number of aryl methyl sites for hydroxylation is 4. The van der Waals surface area contributed by atoms with Crippen LogP contribution in [0.2, 0.25) is 0 Å². The second-order valence-corrected chi connectivity index (χ2v) is 16.6. The van der Waals surface area contributed by atoms with Crippen molar-refractivity contribution in [1.29, 1.82) is 0 Å². The number of unbranched alkanes of at least 4 members (excludes halogenated alkanes) is 2. The third-order valence-corrected chi connectivity index (χ3v) is 11.3. The van der Waals surface area contributed by atoms with Crippen LogP contribution in [0, 0.1) is 0 Å². The van der Waals surface area contributed by atoms with Crippen molar-refractivity contribution in [1.82, 2.24) is 9.55 Å². The molecular weight excluding hydrogens is 849 g/mol. The van der Waals surface area contributed by atoms with Crippen molar-refractivity contribution in [2.75, 3.05) is 13.2 Å². The Bertz CT molecular complexity index is 1690. The third kappa shape index (κ3) is 17.1. The van der Waals surface area contributed by atoms with Gasteiger partial charge >= 0.3 is 22.0 Å². The summed E-state index contributed by atoms with van der Waals surface area (Å²) >= 11 is 0. The molecule has 0 saturated heterocycles. The Morgan fingerprint density at radius 3 is 1.43 bits per heavy atom. The lowest BCUT2D eigenvalue weighted by Gasteiger charge is -2.22. The number of rotatable bonds is 16. The average molecular weight is 881 g/mol. The number of H-pyrrole nitrogens is 1. The SMILES string of the molecule is CCn1cc[n+](CCCCOCCCCc2[nH]cc[n+]2CC)c1.O=S(=O)([N-]S(=O)(=O)C(F)(F)F)C(F)(F)F.O=S(=O)([N-]S(=O)(=O)C(F)(F)F)C(F)(F)F. The normalized spacial score (nSPS) is 13.5. The van der Waals surface area contributed by atoms with Gasteiger partial charge in [0.1, 0.15) is 24.8 Å². The number of aromatic nitrogens is 4. The zero-order chi connectivity index (χ0) is 41.7. The van der Waals surface area contributed by atoms with Crippen LogP contribution in [0.15, 0.2) is 31.1 Å². The number of aromatic amines is 1. The summed E-state index contributed by atoms with van der Waals surface area (Å²) in [5.74, 6) is 1.32. The van der Waals surface area contributed by atoms with Crippen molar-refractivity contribution in [3.8, 4) is 0 Å². The summed E-state index contributed by atoms with van der Waals surface area (Å²) in [4.78, 5) is 3.32. The van der Waals surface area contributed by atoms with Gasteiger partial charge < -0.3 is 13.0 Å². The highest BCUT2D eigenvalue weighted by molar-refractivity contribution is 8.13. The lowest BCUT2D eigenvalue weighted by atomic mass is 10.2. The zero-order valence-corrected chi connectivity index (χ0v) is 30.3. The predicted octanol–water partition coefficient (Wildman–Crippen LogP) is 4.37. The zero-order valence-electron chi connectivity index (χ0n) is 27.0. The van der Waals surface area contributed by atoms with Crippen molar-refractivity contribution in [3.63, 3.8) is 0 Å². The van der Waals surface area contributed by atoms with E-state index in [-0.39, 0.29) is 0 Å². The van der Waals surface area contributed by atoms with Crippen LogP contribution in [-0.2, 0) is 70.9 Å². The van der Waals surface area contributed by atoms with Gasteiger partial charge in [-0.2, -0.15) is 52.7 Å². The summed E-state index contributed by atoms with van der Waals surface area (Å²) in [6.07, 6.45) is 16.3. The van der Waals surface area contributed by atoms with E-state index < -0.39 is 62.1 Å². The molecule has 0 atom stereocenters. The number of alkyl halides is 12. The molecule has 0 aliphatic rings. The van der Waals surface area contributed by atoms with Gasteiger partial charge in [-0.3, -0.25) is 0 Å². The second kappa shape index (κ2) is 19.7. The fraction of sp³-hybridized carbons (Fsp3) is 0.727. The van der Waals surface area contributed by atoms with Gasteiger partial charge in [0.05, 0.1) is 19.6 Å². The molecule has 2 aromatic rings. The molecule has 2 heterocycles. The van der Waals surface area contributed by atoms with Gasteiger partial charge in [-0.15, -0.1) is 0 Å². The summed E-state index contributed by atoms with van der Waals surface area (Å²) in [6, 6.07) is 0. The van der Waals surface area contributed by atoms with E-state index in [9.17, 15) is 86.4 Å². The first-order chi connectivity index (χ1) is 23.7. The molecule has 31 heteroatoms. The van der Waals surface area contributed by atoms with Crippen molar-refractivity contribution < 1.29 is 100 Å². The van der Waals surface area contributed by atoms with Crippen LogP contribution in [0.5, 0.6) is 0 Å². The van der Waals surface area contributed by atoms with Crippen LogP contribution in [0.1, 0.15) is 45.4 Å². The lowest BCUT2D eigenvalue weighted by molar-refractivity contribution is -0.699. The van der Waals surface area contributed by atoms with Gasteiger partial charge in [-0.25, -0.2) is 52.4 Å². The fourth-order valence-corrected chi connectivity index (χ4v) is 6.61. The van der Waals surface area contributed by atoms with Gasteiger partial charge in [0.15, 0.2) is 40.1 Å². The molecule has 0 radical (unpaired) electrons. The van der Waals surface area contributed by atoms with Crippen molar-refractivity contribution >= 4 is 40.1 Å². The van der Waals surface area contributed by atoms with Crippen LogP contribution in [0.4, 0.5) is 52.7 Å². The van der Waals surface area contributed by atoms with Crippen molar-refractivity contribution in [3.05, 3.63) is 45.2 Å². The molecule has 53 heavy (non-hydrogen) atoms. The number of nitrogens with one attached hydrogen (secondary N) is 1. The summed E-state index contributed by atoms with van der Waals surface area (Å²) in [7, 11) is -26.9. The first-order valence-corrected chi connectivity index (χ1v) is 19.9. The molecular formula is C22H32F12N6O9S4. The first kappa shape index (κ1) is 50.3. The Hall–Kier alpha value is -2.74. The van der Waals surface area contributed by atoms with E-state index in [1.54, 1.807) is 0 Å². The minimum atomic E-state index is -6.72. The molecule has 1 N–H and O–H groups in total. The van der Waals surface area contributed by atoms with Crippen LogP contribution in [-0.4, -0.2) is 78.5 Å². The van der Waals surface area contributed by atoms with Gasteiger partial charge in [-0.05, 0) is 39.5 Å². The molecule has 2 aromatic heterocycles. The van der Waals surface area contributed by atoms with Gasteiger partial charge in [-0.1, -0.05) is 0 Å². The number of imidazole rings is 2. The highest BCUT2D eigenvalue weighted by atomic mass is 32.3. The van der Waals surface area contributed by atoms with Gasteiger partial charge in [0.2, 0.25) is 6.33 Å². The standard InChI is InChI=1S/C18H31N4O.2C2F6NO4S2/c1-3-20-13-14-21(17-20)11-6-8-16-23-15-7-5-9-18-19-10-12-22(18)4-2;2*3-1(4,5)14(10,11)9-15(12,13)2(6,7)8/h10,12-14,17H,3-9,11,15-16H2,1-2H3;;/q+1;2*-1/p+1. The van der Waals surface area contributed by atoms with E-state index in [1.807, 2.05) is 6.20 Å².